The molecule has 1 amide bonds. The normalized spacial score (nSPS) is 11.2. The molecule has 0 aliphatic heterocycles. The number of anilines is 1. The average molecular weight is 249 g/mol. The summed E-state index contributed by atoms with van der Waals surface area (Å²) >= 11 is 0.445. The molecule has 6 heteroatoms. The zero-order chi connectivity index (χ0) is 11.5. The van der Waals surface area contributed by atoms with Gasteiger partial charge in [-0.15, -0.1) is 0 Å². The minimum absolute atomic E-state index is 0.188. The van der Waals surface area contributed by atoms with E-state index >= 15 is 0 Å². The fraction of sp³-hybridized carbons (Fsp3) is 0.222. The molecule has 1 unspecified atom stereocenters. The summed E-state index contributed by atoms with van der Waals surface area (Å²) in [5, 5.41) is 2.55. The number of halogens is 2. The van der Waals surface area contributed by atoms with Gasteiger partial charge in [-0.1, -0.05) is 0 Å². The number of benzene rings is 1. The molecule has 0 saturated heterocycles. The topological polar surface area (TPSA) is 29.1 Å². The lowest BCUT2D eigenvalue weighted by molar-refractivity contribution is -0.114. The third-order valence-electron chi connectivity index (χ3n) is 1.43. The van der Waals surface area contributed by atoms with Crippen molar-refractivity contribution in [3.05, 3.63) is 24.3 Å². The van der Waals surface area contributed by atoms with Gasteiger partial charge < -0.3 is 5.32 Å². The Bertz CT molecular complexity index is 350. The van der Waals surface area contributed by atoms with E-state index in [2.05, 4.69) is 5.32 Å². The molecule has 1 rings (SSSR count). The number of hydrogen-bond donors (Lipinski definition) is 1. The van der Waals surface area contributed by atoms with Crippen LogP contribution in [-0.4, -0.2) is 10.9 Å². The number of thioether (sulfide) groups is 1. The summed E-state index contributed by atoms with van der Waals surface area (Å²) in [6.07, 6.45) is 0. The van der Waals surface area contributed by atoms with E-state index in [9.17, 15) is 13.6 Å². The molecule has 0 aliphatic rings. The molecule has 2 nitrogen and oxygen atoms in total. The maximum atomic E-state index is 12.6. The quantitative estimate of drug-likeness (QED) is 0.658. The molecule has 0 spiro atoms. The van der Waals surface area contributed by atoms with Crippen LogP contribution in [0.1, 0.15) is 6.92 Å². The fourth-order valence-electron chi connectivity index (χ4n) is 0.967. The molecule has 0 bridgehead atoms. The van der Waals surface area contributed by atoms with Gasteiger partial charge >= 0.3 is 5.00 Å². The third-order valence-corrected chi connectivity index (χ3v) is 2.56. The van der Waals surface area contributed by atoms with Gasteiger partial charge in [0.15, 0.2) is 0 Å². The van der Waals surface area contributed by atoms with Crippen LogP contribution < -0.4 is 5.32 Å². The van der Waals surface area contributed by atoms with Crippen molar-refractivity contribution < 1.29 is 13.6 Å². The van der Waals surface area contributed by atoms with E-state index in [1.807, 2.05) is 0 Å². The highest BCUT2D eigenvalue weighted by molar-refractivity contribution is 8.03. The molecule has 0 heterocycles. The second-order valence-electron chi connectivity index (χ2n) is 2.87. The van der Waals surface area contributed by atoms with Crippen molar-refractivity contribution in [3.8, 4) is 0 Å². The SMILES string of the molecule is CC(=O)Nc1ccc(SC(F)(F)P)cc1. The predicted octanol–water partition coefficient (Wildman–Crippen LogP) is 3.16. The van der Waals surface area contributed by atoms with Gasteiger partial charge in [0, 0.05) is 17.5 Å². The Labute approximate surface area is 93.0 Å². The van der Waals surface area contributed by atoms with Crippen molar-refractivity contribution in [3.63, 3.8) is 0 Å². The van der Waals surface area contributed by atoms with E-state index in [-0.39, 0.29) is 5.91 Å². The van der Waals surface area contributed by atoms with Crippen LogP contribution in [0.15, 0.2) is 29.2 Å². The molecule has 1 atom stereocenters. The van der Waals surface area contributed by atoms with Gasteiger partial charge in [-0.2, -0.15) is 8.78 Å². The zero-order valence-electron chi connectivity index (χ0n) is 7.96. The summed E-state index contributed by atoms with van der Waals surface area (Å²) in [5.74, 6) is -0.188. The van der Waals surface area contributed by atoms with Gasteiger partial charge in [0.05, 0.1) is 0 Å². The monoisotopic (exact) mass is 249 g/mol. The Morgan fingerprint density at radius 2 is 1.93 bits per heavy atom. The molecule has 15 heavy (non-hydrogen) atoms. The second-order valence-corrected chi connectivity index (χ2v) is 5.23. The molecule has 82 valence electrons. The number of carbonyl (C=O) groups is 1. The number of amides is 1. The number of hydrogen-bond acceptors (Lipinski definition) is 2. The van der Waals surface area contributed by atoms with Crippen LogP contribution >= 0.6 is 21.0 Å². The molecule has 1 aromatic rings. The first-order valence-electron chi connectivity index (χ1n) is 4.10. The van der Waals surface area contributed by atoms with E-state index in [1.165, 1.54) is 28.3 Å². The first-order valence-corrected chi connectivity index (χ1v) is 5.49. The molecule has 1 N–H and O–H groups in total. The molecule has 0 radical (unpaired) electrons. The highest BCUT2D eigenvalue weighted by Gasteiger charge is 2.22. The van der Waals surface area contributed by atoms with Crippen molar-refractivity contribution in [2.45, 2.75) is 16.8 Å². The molecular formula is C9H10F2NOPS. The summed E-state index contributed by atoms with van der Waals surface area (Å²) in [5.41, 5.74) is 0.596. The summed E-state index contributed by atoms with van der Waals surface area (Å²) in [6.45, 7) is 1.39. The van der Waals surface area contributed by atoms with Crippen LogP contribution in [0.4, 0.5) is 14.5 Å². The maximum Gasteiger partial charge on any atom is 0.308 e. The molecular weight excluding hydrogens is 239 g/mol. The van der Waals surface area contributed by atoms with E-state index in [1.54, 1.807) is 12.1 Å². The van der Waals surface area contributed by atoms with Gasteiger partial charge in [0.1, 0.15) is 0 Å². The lowest BCUT2D eigenvalue weighted by atomic mass is 10.3. The van der Waals surface area contributed by atoms with Crippen LogP contribution in [0.5, 0.6) is 0 Å². The Morgan fingerprint density at radius 1 is 1.40 bits per heavy atom. The van der Waals surface area contributed by atoms with Gasteiger partial charge in [-0.3, -0.25) is 4.79 Å². The summed E-state index contributed by atoms with van der Waals surface area (Å²) in [6, 6.07) is 6.24. The van der Waals surface area contributed by atoms with E-state index in [0.717, 1.165) is 0 Å². The molecule has 0 saturated carbocycles. The van der Waals surface area contributed by atoms with Crippen molar-refractivity contribution in [1.29, 1.82) is 0 Å². The number of rotatable bonds is 3. The smallest absolute Gasteiger partial charge is 0.308 e. The Hall–Kier alpha value is -0.670. The van der Waals surface area contributed by atoms with Crippen molar-refractivity contribution in [2.75, 3.05) is 5.32 Å². The first kappa shape index (κ1) is 12.4. The van der Waals surface area contributed by atoms with Crippen molar-refractivity contribution in [1.82, 2.24) is 0 Å². The largest absolute Gasteiger partial charge is 0.326 e. The lowest BCUT2D eigenvalue weighted by Gasteiger charge is -2.09. The van der Waals surface area contributed by atoms with Crippen molar-refractivity contribution in [2.24, 2.45) is 0 Å². The highest BCUT2D eigenvalue weighted by atomic mass is 32.2. The van der Waals surface area contributed by atoms with Crippen molar-refractivity contribution >= 4 is 32.6 Å². The second kappa shape index (κ2) is 4.90. The standard InChI is InChI=1S/C9H10F2NOPS/c1-6(13)12-7-2-4-8(5-3-7)15-9(10,11)14/h2-5H,14H2,1H3,(H,12,13). The molecule has 0 aromatic heterocycles. The van der Waals surface area contributed by atoms with Crippen LogP contribution in [-0.2, 0) is 4.79 Å². The zero-order valence-corrected chi connectivity index (χ0v) is 9.93. The van der Waals surface area contributed by atoms with Gasteiger partial charge in [0.2, 0.25) is 5.91 Å². The molecule has 1 aromatic carbocycles. The number of carbonyl (C=O) groups excluding carboxylic acids is 1. The lowest BCUT2D eigenvalue weighted by Crippen LogP contribution is -2.05. The van der Waals surface area contributed by atoms with Gasteiger partial charge in [-0.25, -0.2) is 0 Å². The molecule has 0 fully saturated rings. The van der Waals surface area contributed by atoms with Gasteiger partial charge in [-0.05, 0) is 45.3 Å². The first-order chi connectivity index (χ1) is 6.87. The Morgan fingerprint density at radius 3 is 2.33 bits per heavy atom. The minimum Gasteiger partial charge on any atom is -0.326 e. The van der Waals surface area contributed by atoms with Crippen LogP contribution in [0.2, 0.25) is 0 Å². The third kappa shape index (κ3) is 5.09. The van der Waals surface area contributed by atoms with Crippen LogP contribution in [0.3, 0.4) is 0 Å². The fourth-order valence-corrected chi connectivity index (χ4v) is 1.96. The highest BCUT2D eigenvalue weighted by Crippen LogP contribution is 2.40. The van der Waals surface area contributed by atoms with Crippen LogP contribution in [0.25, 0.3) is 0 Å². The van der Waals surface area contributed by atoms with E-state index in [4.69, 9.17) is 0 Å². The van der Waals surface area contributed by atoms with Crippen LogP contribution in [0, 0.1) is 0 Å². The Kier molecular flexibility index (Phi) is 4.05. The van der Waals surface area contributed by atoms with E-state index < -0.39 is 5.00 Å². The van der Waals surface area contributed by atoms with Gasteiger partial charge in [0.25, 0.3) is 0 Å². The minimum atomic E-state index is -2.87. The summed E-state index contributed by atoms with van der Waals surface area (Å²) in [4.78, 5) is 8.27. The Balaban J connectivity index is 2.68. The predicted molar refractivity (Wildman–Crippen MR) is 61.3 cm³/mol. The molecule has 0 aliphatic carbocycles. The maximum absolute atomic E-state index is 12.6. The average Bonchev–Trinajstić information content (AvgIpc) is 2.05. The summed E-state index contributed by atoms with van der Waals surface area (Å²) < 4.78 is 25.1. The summed E-state index contributed by atoms with van der Waals surface area (Å²) in [7, 11) is 1.46. The van der Waals surface area contributed by atoms with E-state index in [0.29, 0.717) is 22.3 Å². The number of nitrogens with one attached hydrogen (secondary N) is 1. The number of alkyl halides is 2.